The van der Waals surface area contributed by atoms with Gasteiger partial charge in [-0.1, -0.05) is 55.2 Å². The highest BCUT2D eigenvalue weighted by molar-refractivity contribution is 5.96. The summed E-state index contributed by atoms with van der Waals surface area (Å²) < 4.78 is 23.1. The van der Waals surface area contributed by atoms with E-state index in [2.05, 4.69) is 11.5 Å². The number of nitrogens with two attached hydrogens (primary N) is 1. The lowest BCUT2D eigenvalue weighted by Gasteiger charge is -2.26. The molecule has 1 saturated heterocycles. The second-order valence-electron chi connectivity index (χ2n) is 7.65. The second-order valence-corrected chi connectivity index (χ2v) is 7.65. The number of carbonyl (C=O) groups is 1. The first-order valence-electron chi connectivity index (χ1n) is 11.1. The van der Waals surface area contributed by atoms with Crippen molar-refractivity contribution in [3.63, 3.8) is 0 Å². The summed E-state index contributed by atoms with van der Waals surface area (Å²) in [6.45, 7) is 9.93. The van der Waals surface area contributed by atoms with Gasteiger partial charge in [0.25, 0.3) is 12.2 Å². The Morgan fingerprint density at radius 3 is 2.61 bits per heavy atom. The molecule has 7 heteroatoms. The van der Waals surface area contributed by atoms with Crippen LogP contribution in [0.25, 0.3) is 0 Å². The maximum absolute atomic E-state index is 12.0. The third-order valence-electron chi connectivity index (χ3n) is 5.18. The summed E-state index contributed by atoms with van der Waals surface area (Å²) in [5.41, 5.74) is 6.73. The van der Waals surface area contributed by atoms with Crippen LogP contribution in [0.15, 0.2) is 72.9 Å². The van der Waals surface area contributed by atoms with Crippen LogP contribution < -0.4 is 19.9 Å². The molecule has 1 amide bonds. The van der Waals surface area contributed by atoms with Crippen molar-refractivity contribution in [2.24, 2.45) is 5.73 Å². The number of fused-ring (bicyclic) bond motifs is 1. The van der Waals surface area contributed by atoms with Crippen molar-refractivity contribution < 1.29 is 23.7 Å². The first-order chi connectivity index (χ1) is 16.1. The molecule has 1 atom stereocenters. The van der Waals surface area contributed by atoms with Crippen molar-refractivity contribution in [3.05, 3.63) is 78.5 Å². The molecule has 2 heterocycles. The van der Waals surface area contributed by atoms with Crippen molar-refractivity contribution in [1.29, 1.82) is 0 Å². The van der Waals surface area contributed by atoms with Gasteiger partial charge in [0.15, 0.2) is 11.5 Å². The highest BCUT2D eigenvalue weighted by Gasteiger charge is 2.28. The molecule has 1 fully saturated rings. The summed E-state index contributed by atoms with van der Waals surface area (Å²) in [6.07, 6.45) is 15.8. The van der Waals surface area contributed by atoms with Gasteiger partial charge in [0.05, 0.1) is 18.8 Å². The maximum atomic E-state index is 12.0. The number of morpholine rings is 1. The van der Waals surface area contributed by atoms with Gasteiger partial charge in [-0.15, -0.1) is 0 Å². The van der Waals surface area contributed by atoms with Gasteiger partial charge in [0.2, 0.25) is 0 Å². The highest BCUT2D eigenvalue weighted by atomic mass is 16.7. The number of hydrogen-bond acceptors (Lipinski definition) is 6. The summed E-state index contributed by atoms with van der Waals surface area (Å²) in [5.74, 6) is 0.823. The van der Waals surface area contributed by atoms with E-state index in [0.717, 1.165) is 44.8 Å². The molecule has 176 valence electrons. The van der Waals surface area contributed by atoms with Crippen molar-refractivity contribution in [3.8, 4) is 17.2 Å². The zero-order chi connectivity index (χ0) is 23.5. The van der Waals surface area contributed by atoms with Crippen molar-refractivity contribution >= 4 is 5.91 Å². The van der Waals surface area contributed by atoms with Gasteiger partial charge in [-0.3, -0.25) is 9.69 Å². The SMILES string of the molecule is C=C/C=C/C/C=C/C=C/C=C(/C)C1Oc2cc(OCCN3CCOCC3)c(C(N)=O)cc2O1. The van der Waals surface area contributed by atoms with Gasteiger partial charge >= 0.3 is 0 Å². The summed E-state index contributed by atoms with van der Waals surface area (Å²) in [4.78, 5) is 14.2. The van der Waals surface area contributed by atoms with Gasteiger partial charge in [-0.25, -0.2) is 0 Å². The number of carbonyl (C=O) groups excluding carboxylic acids is 1. The van der Waals surface area contributed by atoms with Crippen molar-refractivity contribution in [2.45, 2.75) is 19.6 Å². The molecular weight excluding hydrogens is 420 g/mol. The fourth-order valence-corrected chi connectivity index (χ4v) is 3.35. The molecule has 7 nitrogen and oxygen atoms in total. The van der Waals surface area contributed by atoms with E-state index >= 15 is 0 Å². The van der Waals surface area contributed by atoms with E-state index in [1.807, 2.05) is 49.5 Å². The topological polar surface area (TPSA) is 83.3 Å². The zero-order valence-corrected chi connectivity index (χ0v) is 19.1. The molecule has 0 saturated carbocycles. The minimum atomic E-state index is -0.575. The minimum Gasteiger partial charge on any atom is -0.491 e. The van der Waals surface area contributed by atoms with Gasteiger partial charge in [-0.2, -0.15) is 0 Å². The molecule has 0 bridgehead atoms. The molecule has 1 aromatic carbocycles. The predicted molar refractivity (Wildman–Crippen MR) is 129 cm³/mol. The van der Waals surface area contributed by atoms with Crippen LogP contribution in [0.1, 0.15) is 23.7 Å². The molecule has 1 unspecified atom stereocenters. The van der Waals surface area contributed by atoms with E-state index in [9.17, 15) is 4.79 Å². The molecule has 0 aliphatic carbocycles. The molecule has 3 rings (SSSR count). The van der Waals surface area contributed by atoms with Crippen LogP contribution in [0.2, 0.25) is 0 Å². The standard InChI is InChI=1S/C26H32N2O5/c1-3-4-5-6-7-8-9-10-11-20(2)26-32-23-18-21(25(27)29)22(19-24(23)33-26)31-17-14-28-12-15-30-16-13-28/h3-5,7-11,18-19,26H,1,6,12-17H2,2H3,(H2,27,29)/b5-4+,8-7+,10-9+,20-11-. The summed E-state index contributed by atoms with van der Waals surface area (Å²) in [6, 6.07) is 3.27. The van der Waals surface area contributed by atoms with Gasteiger partial charge in [0.1, 0.15) is 12.4 Å². The lowest BCUT2D eigenvalue weighted by Crippen LogP contribution is -2.38. The van der Waals surface area contributed by atoms with Gasteiger partial charge < -0.3 is 24.7 Å². The van der Waals surface area contributed by atoms with E-state index in [1.54, 1.807) is 18.2 Å². The van der Waals surface area contributed by atoms with E-state index < -0.39 is 12.2 Å². The molecule has 2 aliphatic rings. The van der Waals surface area contributed by atoms with Crippen molar-refractivity contribution in [1.82, 2.24) is 4.90 Å². The van der Waals surface area contributed by atoms with Gasteiger partial charge in [-0.05, 0) is 13.3 Å². The maximum Gasteiger partial charge on any atom is 0.263 e. The van der Waals surface area contributed by atoms with Crippen LogP contribution in [-0.4, -0.2) is 56.6 Å². The number of rotatable bonds is 11. The van der Waals surface area contributed by atoms with Crippen LogP contribution in [0, 0.1) is 0 Å². The minimum absolute atomic E-state index is 0.275. The summed E-state index contributed by atoms with van der Waals surface area (Å²) >= 11 is 0. The zero-order valence-electron chi connectivity index (χ0n) is 19.1. The highest BCUT2D eigenvalue weighted by Crippen LogP contribution is 2.41. The molecule has 0 aromatic heterocycles. The lowest BCUT2D eigenvalue weighted by atomic mass is 10.1. The van der Waals surface area contributed by atoms with Crippen LogP contribution in [0.3, 0.4) is 0 Å². The number of ether oxygens (including phenoxy) is 4. The van der Waals surface area contributed by atoms with E-state index in [0.29, 0.717) is 23.9 Å². The average Bonchev–Trinajstić information content (AvgIpc) is 3.24. The quantitative estimate of drug-likeness (QED) is 0.515. The van der Waals surface area contributed by atoms with Crippen LogP contribution >= 0.6 is 0 Å². The fraction of sp³-hybridized carbons (Fsp3) is 0.346. The number of amides is 1. The third kappa shape index (κ3) is 7.37. The number of benzene rings is 1. The normalized spacial score (nSPS) is 19.1. The molecule has 33 heavy (non-hydrogen) atoms. The Morgan fingerprint density at radius 1 is 1.15 bits per heavy atom. The Kier molecular flexibility index (Phi) is 9.35. The Morgan fingerprint density at radius 2 is 1.88 bits per heavy atom. The molecule has 2 aliphatic heterocycles. The summed E-state index contributed by atoms with van der Waals surface area (Å²) in [7, 11) is 0. The van der Waals surface area contributed by atoms with E-state index in [-0.39, 0.29) is 5.56 Å². The molecular formula is C26H32N2O5. The number of allylic oxidation sites excluding steroid dienone is 8. The smallest absolute Gasteiger partial charge is 0.263 e. The Labute approximate surface area is 195 Å². The second kappa shape index (κ2) is 12.7. The van der Waals surface area contributed by atoms with Crippen LogP contribution in [-0.2, 0) is 4.74 Å². The monoisotopic (exact) mass is 452 g/mol. The fourth-order valence-electron chi connectivity index (χ4n) is 3.35. The summed E-state index contributed by atoms with van der Waals surface area (Å²) in [5, 5.41) is 0. The molecule has 1 aromatic rings. The Hall–Kier alpha value is -3.29. The first kappa shape index (κ1) is 24.4. The predicted octanol–water partition coefficient (Wildman–Crippen LogP) is 3.78. The molecule has 2 N–H and O–H groups in total. The lowest BCUT2D eigenvalue weighted by molar-refractivity contribution is 0.0322. The van der Waals surface area contributed by atoms with Crippen LogP contribution in [0.5, 0.6) is 17.2 Å². The number of nitrogens with zero attached hydrogens (tertiary/aromatic N) is 1. The average molecular weight is 453 g/mol. The molecule has 0 spiro atoms. The Balaban J connectivity index is 1.59. The number of primary amides is 1. The van der Waals surface area contributed by atoms with Crippen molar-refractivity contribution in [2.75, 3.05) is 39.5 Å². The largest absolute Gasteiger partial charge is 0.491 e. The number of hydrogen-bond donors (Lipinski definition) is 1. The van der Waals surface area contributed by atoms with E-state index in [4.69, 9.17) is 24.7 Å². The van der Waals surface area contributed by atoms with Crippen LogP contribution in [0.4, 0.5) is 0 Å². The Bertz CT molecular complexity index is 942. The first-order valence-corrected chi connectivity index (χ1v) is 11.1. The van der Waals surface area contributed by atoms with Gasteiger partial charge in [0, 0.05) is 37.3 Å². The molecule has 0 radical (unpaired) electrons. The third-order valence-corrected chi connectivity index (χ3v) is 5.18. The van der Waals surface area contributed by atoms with E-state index in [1.165, 1.54) is 0 Å².